The van der Waals surface area contributed by atoms with Gasteiger partial charge in [-0.25, -0.2) is 9.37 Å². The first-order chi connectivity index (χ1) is 10.2. The Labute approximate surface area is 132 Å². The molecule has 0 unspecified atom stereocenters. The lowest BCUT2D eigenvalue weighted by Crippen LogP contribution is -2.12. The van der Waals surface area contributed by atoms with Gasteiger partial charge in [0.05, 0.1) is 17.9 Å². The molecule has 0 aliphatic heterocycles. The zero-order valence-corrected chi connectivity index (χ0v) is 14.0. The van der Waals surface area contributed by atoms with Crippen LogP contribution in [-0.4, -0.2) is 24.9 Å². The zero-order valence-electron chi connectivity index (χ0n) is 12.4. The molecule has 0 saturated carbocycles. The number of rotatable bonds is 7. The van der Waals surface area contributed by atoms with E-state index in [0.29, 0.717) is 12.2 Å². The molecule has 6 heteroatoms. The van der Waals surface area contributed by atoms with Crippen LogP contribution in [0.15, 0.2) is 23.1 Å². The summed E-state index contributed by atoms with van der Waals surface area (Å²) in [6.45, 7) is 4.12. The fraction of sp³-hybridized carbons (Fsp3) is 0.400. The molecule has 2 rings (SSSR count). The smallest absolute Gasteiger partial charge is 0.134 e. The Bertz CT molecular complexity index is 601. The average Bonchev–Trinajstić information content (AvgIpc) is 2.87. The standard InChI is InChI=1S/C15H19FN2OS2/c1-4-17-8-13-11(9-19-2)18-15(21-13)14-10(16)6-5-7-12(14)20-3/h5-7,17H,4,8-9H2,1-3H3. The molecule has 1 aromatic carbocycles. The fourth-order valence-electron chi connectivity index (χ4n) is 2.00. The monoisotopic (exact) mass is 326 g/mol. The van der Waals surface area contributed by atoms with Crippen LogP contribution < -0.4 is 5.32 Å². The maximum atomic E-state index is 14.2. The van der Waals surface area contributed by atoms with Crippen LogP contribution in [0.25, 0.3) is 10.6 Å². The third kappa shape index (κ3) is 3.83. The van der Waals surface area contributed by atoms with Gasteiger partial charge in [-0.05, 0) is 24.9 Å². The molecule has 21 heavy (non-hydrogen) atoms. The minimum atomic E-state index is -0.227. The van der Waals surface area contributed by atoms with Crippen LogP contribution in [0.1, 0.15) is 17.5 Å². The number of benzene rings is 1. The van der Waals surface area contributed by atoms with Crippen molar-refractivity contribution in [3.8, 4) is 10.6 Å². The van der Waals surface area contributed by atoms with Crippen LogP contribution in [0.2, 0.25) is 0 Å². The molecular formula is C15H19FN2OS2. The fourth-order valence-corrected chi connectivity index (χ4v) is 3.77. The third-order valence-corrected chi connectivity index (χ3v) is 4.90. The summed E-state index contributed by atoms with van der Waals surface area (Å²) in [5.74, 6) is -0.227. The van der Waals surface area contributed by atoms with E-state index in [1.54, 1.807) is 13.2 Å². The van der Waals surface area contributed by atoms with E-state index >= 15 is 0 Å². The largest absolute Gasteiger partial charge is 0.378 e. The predicted molar refractivity (Wildman–Crippen MR) is 87.4 cm³/mol. The summed E-state index contributed by atoms with van der Waals surface area (Å²) >= 11 is 3.06. The van der Waals surface area contributed by atoms with E-state index in [1.807, 2.05) is 12.3 Å². The maximum absolute atomic E-state index is 14.2. The number of nitrogens with one attached hydrogen (secondary N) is 1. The highest BCUT2D eigenvalue weighted by Gasteiger charge is 2.17. The van der Waals surface area contributed by atoms with Gasteiger partial charge in [0, 0.05) is 23.4 Å². The van der Waals surface area contributed by atoms with Gasteiger partial charge in [-0.2, -0.15) is 0 Å². The number of hydrogen-bond acceptors (Lipinski definition) is 5. The average molecular weight is 326 g/mol. The van der Waals surface area contributed by atoms with Crippen LogP contribution in [0.5, 0.6) is 0 Å². The van der Waals surface area contributed by atoms with E-state index in [2.05, 4.69) is 17.2 Å². The van der Waals surface area contributed by atoms with Gasteiger partial charge in [0.2, 0.25) is 0 Å². The van der Waals surface area contributed by atoms with Crippen LogP contribution >= 0.6 is 23.1 Å². The Balaban J connectivity index is 2.44. The second kappa shape index (κ2) is 7.89. The zero-order chi connectivity index (χ0) is 15.2. The molecule has 0 fully saturated rings. The first kappa shape index (κ1) is 16.4. The van der Waals surface area contributed by atoms with Gasteiger partial charge in [0.15, 0.2) is 0 Å². The highest BCUT2D eigenvalue weighted by Crippen LogP contribution is 2.36. The Morgan fingerprint density at radius 1 is 1.43 bits per heavy atom. The molecule has 1 N–H and O–H groups in total. The quantitative estimate of drug-likeness (QED) is 0.782. The van der Waals surface area contributed by atoms with Gasteiger partial charge in [-0.3, -0.25) is 0 Å². The molecule has 1 aromatic heterocycles. The number of thioether (sulfide) groups is 1. The van der Waals surface area contributed by atoms with Crippen molar-refractivity contribution in [2.75, 3.05) is 19.9 Å². The summed E-state index contributed by atoms with van der Waals surface area (Å²) in [6, 6.07) is 5.13. The lowest BCUT2D eigenvalue weighted by molar-refractivity contribution is 0.181. The number of methoxy groups -OCH3 is 1. The Morgan fingerprint density at radius 2 is 2.24 bits per heavy atom. The maximum Gasteiger partial charge on any atom is 0.134 e. The van der Waals surface area contributed by atoms with E-state index in [9.17, 15) is 4.39 Å². The molecule has 0 radical (unpaired) electrons. The highest BCUT2D eigenvalue weighted by molar-refractivity contribution is 7.98. The normalized spacial score (nSPS) is 11.0. The molecule has 0 spiro atoms. The van der Waals surface area contributed by atoms with Crippen LogP contribution in [0.3, 0.4) is 0 Å². The first-order valence-corrected chi connectivity index (χ1v) is 8.76. The molecule has 114 valence electrons. The van der Waals surface area contributed by atoms with Crippen molar-refractivity contribution in [1.29, 1.82) is 0 Å². The predicted octanol–water partition coefficient (Wildman–Crippen LogP) is 3.93. The summed E-state index contributed by atoms with van der Waals surface area (Å²) in [5.41, 5.74) is 1.48. The van der Waals surface area contributed by atoms with Gasteiger partial charge in [0.25, 0.3) is 0 Å². The van der Waals surface area contributed by atoms with Crippen molar-refractivity contribution >= 4 is 23.1 Å². The molecule has 0 amide bonds. The molecular weight excluding hydrogens is 307 g/mol. The van der Waals surface area contributed by atoms with Crippen molar-refractivity contribution in [3.05, 3.63) is 34.6 Å². The lowest BCUT2D eigenvalue weighted by atomic mass is 10.2. The topological polar surface area (TPSA) is 34.2 Å². The van der Waals surface area contributed by atoms with Crippen LogP contribution in [-0.2, 0) is 17.9 Å². The summed E-state index contributed by atoms with van der Waals surface area (Å²) in [6.07, 6.45) is 1.95. The minimum Gasteiger partial charge on any atom is -0.378 e. The number of hydrogen-bond donors (Lipinski definition) is 1. The van der Waals surface area contributed by atoms with Crippen molar-refractivity contribution in [2.45, 2.75) is 25.0 Å². The SMILES string of the molecule is CCNCc1sc(-c2c(F)cccc2SC)nc1COC. The second-order valence-corrected chi connectivity index (χ2v) is 6.35. The number of thiazole rings is 1. The lowest BCUT2D eigenvalue weighted by Gasteiger charge is -2.05. The number of nitrogens with zero attached hydrogens (tertiary/aromatic N) is 1. The first-order valence-electron chi connectivity index (χ1n) is 6.72. The summed E-state index contributed by atoms with van der Waals surface area (Å²) in [5, 5.41) is 4.01. The second-order valence-electron chi connectivity index (χ2n) is 4.42. The number of aromatic nitrogens is 1. The number of halogens is 1. The van der Waals surface area contributed by atoms with Gasteiger partial charge in [-0.15, -0.1) is 23.1 Å². The molecule has 0 bridgehead atoms. The molecule has 0 aliphatic carbocycles. The highest BCUT2D eigenvalue weighted by atomic mass is 32.2. The van der Waals surface area contributed by atoms with E-state index in [-0.39, 0.29) is 5.82 Å². The molecule has 1 heterocycles. The van der Waals surface area contributed by atoms with Crippen molar-refractivity contribution in [2.24, 2.45) is 0 Å². The van der Waals surface area contributed by atoms with Crippen molar-refractivity contribution in [1.82, 2.24) is 10.3 Å². The number of ether oxygens (including phenoxy) is 1. The van der Waals surface area contributed by atoms with Gasteiger partial charge in [-0.1, -0.05) is 13.0 Å². The van der Waals surface area contributed by atoms with Gasteiger partial charge in [0.1, 0.15) is 10.8 Å². The van der Waals surface area contributed by atoms with E-state index < -0.39 is 0 Å². The van der Waals surface area contributed by atoms with Crippen molar-refractivity contribution < 1.29 is 9.13 Å². The van der Waals surface area contributed by atoms with E-state index in [4.69, 9.17) is 4.74 Å². The molecule has 2 aromatic rings. The van der Waals surface area contributed by atoms with Crippen LogP contribution in [0.4, 0.5) is 4.39 Å². The van der Waals surface area contributed by atoms with Gasteiger partial charge < -0.3 is 10.1 Å². The minimum absolute atomic E-state index is 0.227. The van der Waals surface area contributed by atoms with E-state index in [1.165, 1.54) is 29.2 Å². The van der Waals surface area contributed by atoms with E-state index in [0.717, 1.165) is 33.6 Å². The molecule has 3 nitrogen and oxygen atoms in total. The Hall–Kier alpha value is -0.950. The third-order valence-electron chi connectivity index (χ3n) is 3.00. The van der Waals surface area contributed by atoms with Crippen molar-refractivity contribution in [3.63, 3.8) is 0 Å². The Morgan fingerprint density at radius 3 is 2.90 bits per heavy atom. The molecule has 0 aliphatic rings. The molecule has 0 atom stereocenters. The summed E-state index contributed by atoms with van der Waals surface area (Å²) < 4.78 is 19.4. The van der Waals surface area contributed by atoms with Gasteiger partial charge >= 0.3 is 0 Å². The Kier molecular flexibility index (Phi) is 6.17. The summed E-state index contributed by atoms with van der Waals surface area (Å²) in [7, 11) is 1.65. The summed E-state index contributed by atoms with van der Waals surface area (Å²) in [4.78, 5) is 6.60. The molecule has 0 saturated heterocycles. The van der Waals surface area contributed by atoms with Crippen LogP contribution in [0, 0.1) is 5.82 Å².